The van der Waals surface area contributed by atoms with Crippen molar-refractivity contribution in [3.05, 3.63) is 64.7 Å². The Morgan fingerprint density at radius 1 is 1.14 bits per heavy atom. The molecule has 1 saturated carbocycles. The smallest absolute Gasteiger partial charge is 0.119 e. The average molecular weight is 302 g/mol. The van der Waals surface area contributed by atoms with E-state index in [0.717, 1.165) is 22.8 Å². The average Bonchev–Trinajstić information content (AvgIpc) is 3.31. The van der Waals surface area contributed by atoms with Gasteiger partial charge in [0.2, 0.25) is 0 Å². The second-order valence-electron chi connectivity index (χ2n) is 5.52. The third kappa shape index (κ3) is 3.78. The number of likely N-dealkylation sites (N-methyl/N-ethyl adjacent to an activating group) is 1. The molecule has 0 aliphatic heterocycles. The molecule has 1 aliphatic carbocycles. The van der Waals surface area contributed by atoms with Gasteiger partial charge in [-0.15, -0.1) is 0 Å². The lowest BCUT2D eigenvalue weighted by atomic mass is 9.99. The number of nitrogens with one attached hydrogen (secondary N) is 1. The molecule has 2 aromatic rings. The van der Waals surface area contributed by atoms with Crippen molar-refractivity contribution in [1.29, 1.82) is 0 Å². The molecule has 1 unspecified atom stereocenters. The van der Waals surface area contributed by atoms with E-state index in [0.29, 0.717) is 6.10 Å². The third-order valence-electron chi connectivity index (χ3n) is 3.84. The number of benzene rings is 2. The van der Waals surface area contributed by atoms with E-state index < -0.39 is 0 Å². The van der Waals surface area contributed by atoms with E-state index in [1.54, 1.807) is 0 Å². The minimum Gasteiger partial charge on any atom is -0.490 e. The molecule has 1 atom stereocenters. The molecule has 0 bridgehead atoms. The van der Waals surface area contributed by atoms with Crippen molar-refractivity contribution in [3.63, 3.8) is 0 Å². The van der Waals surface area contributed by atoms with E-state index in [4.69, 9.17) is 16.3 Å². The first-order chi connectivity index (χ1) is 10.3. The van der Waals surface area contributed by atoms with Crippen molar-refractivity contribution in [3.8, 4) is 5.75 Å². The van der Waals surface area contributed by atoms with E-state index in [2.05, 4.69) is 35.6 Å². The van der Waals surface area contributed by atoms with Crippen molar-refractivity contribution in [1.82, 2.24) is 5.32 Å². The van der Waals surface area contributed by atoms with E-state index in [-0.39, 0.29) is 6.04 Å². The molecular formula is C18H20ClNO. The van der Waals surface area contributed by atoms with Crippen LogP contribution in [0.4, 0.5) is 0 Å². The van der Waals surface area contributed by atoms with Gasteiger partial charge >= 0.3 is 0 Å². The zero-order valence-corrected chi connectivity index (χ0v) is 12.9. The van der Waals surface area contributed by atoms with Crippen molar-refractivity contribution < 1.29 is 4.74 Å². The quantitative estimate of drug-likeness (QED) is 0.854. The Hall–Kier alpha value is -1.51. The van der Waals surface area contributed by atoms with Gasteiger partial charge in [0.25, 0.3) is 0 Å². The lowest BCUT2D eigenvalue weighted by molar-refractivity contribution is 0.303. The van der Waals surface area contributed by atoms with Crippen molar-refractivity contribution >= 4 is 11.6 Å². The summed E-state index contributed by atoms with van der Waals surface area (Å²) in [7, 11) is 1.98. The maximum Gasteiger partial charge on any atom is 0.119 e. The highest BCUT2D eigenvalue weighted by molar-refractivity contribution is 6.31. The standard InChI is InChI=1S/C18H20ClNO/c1-20-18(12-14-4-2-3-5-17(14)19)13-6-8-15(9-7-13)21-16-10-11-16/h2-9,16,18,20H,10-12H2,1H3. The maximum atomic E-state index is 6.25. The van der Waals surface area contributed by atoms with Crippen LogP contribution in [0.2, 0.25) is 5.02 Å². The molecule has 0 heterocycles. The van der Waals surface area contributed by atoms with Gasteiger partial charge in [-0.2, -0.15) is 0 Å². The van der Waals surface area contributed by atoms with Crippen LogP contribution in [0.15, 0.2) is 48.5 Å². The molecule has 2 aromatic carbocycles. The minimum atomic E-state index is 0.250. The normalized spacial score (nSPS) is 15.7. The second kappa shape index (κ2) is 6.50. The maximum absolute atomic E-state index is 6.25. The lowest BCUT2D eigenvalue weighted by Gasteiger charge is -2.18. The summed E-state index contributed by atoms with van der Waals surface area (Å²) < 4.78 is 5.79. The van der Waals surface area contributed by atoms with Crippen LogP contribution < -0.4 is 10.1 Å². The van der Waals surface area contributed by atoms with Crippen LogP contribution in [-0.4, -0.2) is 13.2 Å². The van der Waals surface area contributed by atoms with Crippen molar-refractivity contribution in [2.24, 2.45) is 0 Å². The molecule has 0 spiro atoms. The SMILES string of the molecule is CNC(Cc1ccccc1Cl)c1ccc(OC2CC2)cc1. The highest BCUT2D eigenvalue weighted by Crippen LogP contribution is 2.28. The van der Waals surface area contributed by atoms with Gasteiger partial charge in [-0.25, -0.2) is 0 Å². The molecule has 1 N–H and O–H groups in total. The fourth-order valence-corrected chi connectivity index (χ4v) is 2.64. The predicted molar refractivity (Wildman–Crippen MR) is 87.0 cm³/mol. The molecule has 0 radical (unpaired) electrons. The predicted octanol–water partition coefficient (Wildman–Crippen LogP) is 4.38. The third-order valence-corrected chi connectivity index (χ3v) is 4.21. The molecule has 0 aromatic heterocycles. The zero-order chi connectivity index (χ0) is 14.7. The summed E-state index contributed by atoms with van der Waals surface area (Å²) >= 11 is 6.25. The second-order valence-corrected chi connectivity index (χ2v) is 5.93. The highest BCUT2D eigenvalue weighted by Gasteiger charge is 2.23. The zero-order valence-electron chi connectivity index (χ0n) is 12.2. The summed E-state index contributed by atoms with van der Waals surface area (Å²) in [6, 6.07) is 16.7. The summed E-state index contributed by atoms with van der Waals surface area (Å²) in [5.74, 6) is 0.967. The summed E-state index contributed by atoms with van der Waals surface area (Å²) in [5, 5.41) is 4.19. The van der Waals surface area contributed by atoms with Gasteiger partial charge in [0.15, 0.2) is 0 Å². The Balaban J connectivity index is 1.71. The fourth-order valence-electron chi connectivity index (χ4n) is 2.43. The van der Waals surface area contributed by atoms with Crippen LogP contribution in [0.5, 0.6) is 5.75 Å². The number of hydrogen-bond donors (Lipinski definition) is 1. The van der Waals surface area contributed by atoms with Gasteiger partial charge < -0.3 is 10.1 Å². The van der Waals surface area contributed by atoms with E-state index >= 15 is 0 Å². The monoisotopic (exact) mass is 301 g/mol. The Morgan fingerprint density at radius 3 is 2.48 bits per heavy atom. The Morgan fingerprint density at radius 2 is 1.86 bits per heavy atom. The molecule has 3 heteroatoms. The van der Waals surface area contributed by atoms with Gasteiger partial charge in [0, 0.05) is 11.1 Å². The molecular weight excluding hydrogens is 282 g/mol. The molecule has 110 valence electrons. The molecule has 21 heavy (non-hydrogen) atoms. The van der Waals surface area contributed by atoms with Gasteiger partial charge in [-0.05, 0) is 55.6 Å². The molecule has 0 saturated heterocycles. The highest BCUT2D eigenvalue weighted by atomic mass is 35.5. The Labute approximate surface area is 131 Å². The minimum absolute atomic E-state index is 0.250. The lowest BCUT2D eigenvalue weighted by Crippen LogP contribution is -2.19. The molecule has 2 nitrogen and oxygen atoms in total. The van der Waals surface area contributed by atoms with Crippen LogP contribution in [0, 0.1) is 0 Å². The van der Waals surface area contributed by atoms with E-state index in [9.17, 15) is 0 Å². The van der Waals surface area contributed by atoms with Gasteiger partial charge in [-0.1, -0.05) is 41.9 Å². The Kier molecular flexibility index (Phi) is 4.47. The first kappa shape index (κ1) is 14.4. The molecule has 0 amide bonds. The summed E-state index contributed by atoms with van der Waals surface area (Å²) in [4.78, 5) is 0. The van der Waals surface area contributed by atoms with Crippen LogP contribution in [0.3, 0.4) is 0 Å². The largest absolute Gasteiger partial charge is 0.490 e. The van der Waals surface area contributed by atoms with Gasteiger partial charge in [-0.3, -0.25) is 0 Å². The van der Waals surface area contributed by atoms with E-state index in [1.165, 1.54) is 18.4 Å². The molecule has 1 aliphatic rings. The van der Waals surface area contributed by atoms with E-state index in [1.807, 2.05) is 25.2 Å². The van der Waals surface area contributed by atoms with Crippen LogP contribution in [0.25, 0.3) is 0 Å². The van der Waals surface area contributed by atoms with Gasteiger partial charge in [0.05, 0.1) is 6.10 Å². The van der Waals surface area contributed by atoms with Gasteiger partial charge in [0.1, 0.15) is 5.75 Å². The Bertz CT molecular complexity index is 592. The van der Waals surface area contributed by atoms with Crippen LogP contribution >= 0.6 is 11.6 Å². The van der Waals surface area contributed by atoms with Crippen molar-refractivity contribution in [2.45, 2.75) is 31.4 Å². The molecule has 1 fully saturated rings. The summed E-state index contributed by atoms with van der Waals surface area (Å²) in [5.41, 5.74) is 2.41. The number of hydrogen-bond acceptors (Lipinski definition) is 2. The summed E-state index contributed by atoms with van der Waals surface area (Å²) in [6.07, 6.45) is 3.69. The van der Waals surface area contributed by atoms with Crippen molar-refractivity contribution in [2.75, 3.05) is 7.05 Å². The first-order valence-electron chi connectivity index (χ1n) is 7.43. The molecule has 3 rings (SSSR count). The summed E-state index contributed by atoms with van der Waals surface area (Å²) in [6.45, 7) is 0. The number of rotatable bonds is 6. The fraction of sp³-hybridized carbons (Fsp3) is 0.333. The van der Waals surface area contributed by atoms with Crippen LogP contribution in [-0.2, 0) is 6.42 Å². The number of ether oxygens (including phenoxy) is 1. The van der Waals surface area contributed by atoms with Crippen LogP contribution in [0.1, 0.15) is 30.0 Å². The first-order valence-corrected chi connectivity index (χ1v) is 7.81. The topological polar surface area (TPSA) is 21.3 Å². The number of halogens is 1.